The monoisotopic (exact) mass is 528 g/mol. The van der Waals surface area contributed by atoms with E-state index in [9.17, 15) is 0 Å². The summed E-state index contributed by atoms with van der Waals surface area (Å²) in [4.78, 5) is 0. The van der Waals surface area contributed by atoms with Crippen molar-refractivity contribution in [3.05, 3.63) is 0 Å². The summed E-state index contributed by atoms with van der Waals surface area (Å²) in [6.07, 6.45) is 12.8. The average molecular weight is 530 g/mol. The largest absolute Gasteiger partial charge is 0.379 e. The summed E-state index contributed by atoms with van der Waals surface area (Å²) in [5.74, 6) is 1.03. The van der Waals surface area contributed by atoms with Crippen molar-refractivity contribution < 1.29 is 23.7 Å². The van der Waals surface area contributed by atoms with Gasteiger partial charge in [0.15, 0.2) is 0 Å². The molecule has 0 unspecified atom stereocenters. The maximum atomic E-state index is 5.63. The van der Waals surface area contributed by atoms with Crippen molar-refractivity contribution in [3.8, 4) is 0 Å². The van der Waals surface area contributed by atoms with Crippen LogP contribution in [0, 0.1) is 0 Å². The number of rotatable bonds is 26. The maximum absolute atomic E-state index is 5.63. The van der Waals surface area contributed by atoms with Crippen LogP contribution in [0.3, 0.4) is 0 Å². The van der Waals surface area contributed by atoms with E-state index in [0.29, 0.717) is 59.5 Å². The molecule has 0 aliphatic heterocycles. The fourth-order valence-electron chi connectivity index (χ4n) is 2.89. The molecule has 0 rings (SSSR count). The van der Waals surface area contributed by atoms with Gasteiger partial charge in [-0.3, -0.25) is 0 Å². The number of thiol groups is 1. The molecule has 5 nitrogen and oxygen atoms in total. The minimum absolute atomic E-state index is 0.0232. The normalized spacial score (nSPS) is 12.0. The van der Waals surface area contributed by atoms with Crippen LogP contribution in [0.4, 0.5) is 0 Å². The number of alkyl halides is 1. The van der Waals surface area contributed by atoms with Gasteiger partial charge in [0, 0.05) is 24.1 Å². The third-order valence-electron chi connectivity index (χ3n) is 4.59. The van der Waals surface area contributed by atoms with Crippen LogP contribution in [0.1, 0.15) is 78.1 Å². The van der Waals surface area contributed by atoms with Crippen molar-refractivity contribution in [1.82, 2.24) is 0 Å². The summed E-state index contributed by atoms with van der Waals surface area (Å²) < 4.78 is 27.7. The lowest BCUT2D eigenvalue weighted by molar-refractivity contribution is 0.00414. The molecule has 0 fully saturated rings. The van der Waals surface area contributed by atoms with E-state index in [1.54, 1.807) is 0 Å². The molecule has 0 aliphatic carbocycles. The van der Waals surface area contributed by atoms with Crippen LogP contribution in [0.5, 0.6) is 0 Å². The summed E-state index contributed by atoms with van der Waals surface area (Å²) in [6, 6.07) is 0. The molecule has 0 saturated heterocycles. The van der Waals surface area contributed by atoms with Gasteiger partial charge in [-0.05, 0) is 38.9 Å². The lowest BCUT2D eigenvalue weighted by Crippen LogP contribution is -2.20. The smallest absolute Gasteiger partial charge is 0.0701 e. The second kappa shape index (κ2) is 25.3. The molecule has 0 aromatic rings. The predicted octanol–water partition coefficient (Wildman–Crippen LogP) is 6.07. The molecule has 7 heteroatoms. The highest BCUT2D eigenvalue weighted by Crippen LogP contribution is 2.15. The van der Waals surface area contributed by atoms with Crippen LogP contribution in [-0.4, -0.2) is 76.1 Å². The Labute approximate surface area is 206 Å². The Bertz CT molecular complexity index is 342. The van der Waals surface area contributed by atoms with E-state index in [0.717, 1.165) is 25.2 Å². The van der Waals surface area contributed by atoms with E-state index in [1.807, 2.05) is 0 Å². The van der Waals surface area contributed by atoms with Gasteiger partial charge in [-0.15, -0.1) is 0 Å². The predicted molar refractivity (Wildman–Crippen MR) is 137 cm³/mol. The molecule has 0 saturated carbocycles. The van der Waals surface area contributed by atoms with Crippen LogP contribution in [0.2, 0.25) is 0 Å². The first kappa shape index (κ1) is 31.6. The molecular weight excluding hydrogens is 480 g/mol. The maximum Gasteiger partial charge on any atom is 0.0701 e. The number of hydrogen-bond acceptors (Lipinski definition) is 6. The standard InChI is InChI=1S/C24H49BrO5S/c1-24(2,25)23-30-21-20-29-19-18-28-15-12-14-27-17-16-26-13-10-8-6-4-3-5-7-9-11-22-31/h31H,3-23H2,1-2H3. The summed E-state index contributed by atoms with van der Waals surface area (Å²) in [7, 11) is 0. The average Bonchev–Trinajstić information content (AvgIpc) is 2.73. The van der Waals surface area contributed by atoms with E-state index in [1.165, 1.54) is 51.4 Å². The third-order valence-corrected chi connectivity index (χ3v) is 5.13. The van der Waals surface area contributed by atoms with E-state index in [-0.39, 0.29) is 4.32 Å². The molecule has 0 radical (unpaired) electrons. The molecule has 0 spiro atoms. The molecular formula is C24H49BrO5S. The van der Waals surface area contributed by atoms with Gasteiger partial charge in [0.2, 0.25) is 0 Å². The molecule has 188 valence electrons. The fraction of sp³-hybridized carbons (Fsp3) is 1.00. The highest BCUT2D eigenvalue weighted by molar-refractivity contribution is 9.10. The molecule has 0 aromatic heterocycles. The third kappa shape index (κ3) is 30.6. The van der Waals surface area contributed by atoms with Crippen molar-refractivity contribution in [1.29, 1.82) is 0 Å². The number of ether oxygens (including phenoxy) is 5. The Balaban J connectivity index is 3.02. The summed E-state index contributed by atoms with van der Waals surface area (Å²) in [6.45, 7) is 10.9. The van der Waals surface area contributed by atoms with Gasteiger partial charge in [0.25, 0.3) is 0 Å². The number of unbranched alkanes of at least 4 members (excludes halogenated alkanes) is 8. The minimum atomic E-state index is 0.0232. The van der Waals surface area contributed by atoms with Gasteiger partial charge < -0.3 is 23.7 Å². The topological polar surface area (TPSA) is 46.2 Å². The van der Waals surface area contributed by atoms with Gasteiger partial charge in [-0.2, -0.15) is 12.6 Å². The Morgan fingerprint density at radius 3 is 1.29 bits per heavy atom. The van der Waals surface area contributed by atoms with Gasteiger partial charge in [-0.25, -0.2) is 0 Å². The second-order valence-electron chi connectivity index (χ2n) is 8.48. The van der Waals surface area contributed by atoms with Crippen molar-refractivity contribution in [2.75, 3.05) is 71.8 Å². The van der Waals surface area contributed by atoms with E-state index < -0.39 is 0 Å². The van der Waals surface area contributed by atoms with Crippen LogP contribution < -0.4 is 0 Å². The highest BCUT2D eigenvalue weighted by Gasteiger charge is 2.11. The molecule has 0 aromatic carbocycles. The van der Waals surface area contributed by atoms with Gasteiger partial charge in [0.1, 0.15) is 0 Å². The van der Waals surface area contributed by atoms with E-state index in [2.05, 4.69) is 42.4 Å². The zero-order chi connectivity index (χ0) is 22.9. The molecule has 0 bridgehead atoms. The van der Waals surface area contributed by atoms with Gasteiger partial charge in [0.05, 0.1) is 46.2 Å². The van der Waals surface area contributed by atoms with Crippen molar-refractivity contribution in [2.45, 2.75) is 82.4 Å². The van der Waals surface area contributed by atoms with Crippen LogP contribution in [-0.2, 0) is 23.7 Å². The van der Waals surface area contributed by atoms with Crippen molar-refractivity contribution in [2.24, 2.45) is 0 Å². The number of hydrogen-bond donors (Lipinski definition) is 1. The fourth-order valence-corrected chi connectivity index (χ4v) is 3.28. The SMILES string of the molecule is CC(C)(Br)COCCOCCOCCCOCCOCCCCCCCCCCCS. The van der Waals surface area contributed by atoms with Gasteiger partial charge >= 0.3 is 0 Å². The van der Waals surface area contributed by atoms with Crippen molar-refractivity contribution in [3.63, 3.8) is 0 Å². The van der Waals surface area contributed by atoms with Gasteiger partial charge in [-0.1, -0.05) is 60.9 Å². The molecule has 0 atom stereocenters. The van der Waals surface area contributed by atoms with Crippen LogP contribution in [0.15, 0.2) is 0 Å². The zero-order valence-corrected chi connectivity index (χ0v) is 22.7. The summed E-state index contributed by atoms with van der Waals surface area (Å²) in [5.41, 5.74) is 0. The first-order chi connectivity index (χ1) is 15.1. The highest BCUT2D eigenvalue weighted by atomic mass is 79.9. The molecule has 31 heavy (non-hydrogen) atoms. The second-order valence-corrected chi connectivity index (χ2v) is 11.1. The zero-order valence-electron chi connectivity index (χ0n) is 20.2. The van der Waals surface area contributed by atoms with Crippen LogP contribution >= 0.6 is 28.6 Å². The van der Waals surface area contributed by atoms with E-state index >= 15 is 0 Å². The van der Waals surface area contributed by atoms with Crippen molar-refractivity contribution >= 4 is 28.6 Å². The Hall–Kier alpha value is 0.630. The first-order valence-corrected chi connectivity index (χ1v) is 13.7. The lowest BCUT2D eigenvalue weighted by Gasteiger charge is -2.15. The Kier molecular flexibility index (Phi) is 25.8. The first-order valence-electron chi connectivity index (χ1n) is 12.2. The molecule has 0 heterocycles. The summed E-state index contributed by atoms with van der Waals surface area (Å²) >= 11 is 7.78. The number of halogens is 1. The molecule has 0 aliphatic rings. The Morgan fingerprint density at radius 1 is 0.484 bits per heavy atom. The minimum Gasteiger partial charge on any atom is -0.379 e. The van der Waals surface area contributed by atoms with Crippen LogP contribution in [0.25, 0.3) is 0 Å². The molecule has 0 N–H and O–H groups in total. The molecule has 0 amide bonds. The quantitative estimate of drug-likeness (QED) is 0.0837. The summed E-state index contributed by atoms with van der Waals surface area (Å²) in [5, 5.41) is 0. The lowest BCUT2D eigenvalue weighted by atomic mass is 10.1. The van der Waals surface area contributed by atoms with E-state index in [4.69, 9.17) is 23.7 Å². The Morgan fingerprint density at radius 2 is 0.839 bits per heavy atom.